The Morgan fingerprint density at radius 1 is 0.947 bits per heavy atom. The second-order valence-corrected chi connectivity index (χ2v) is 9.48. The van der Waals surface area contributed by atoms with Crippen molar-refractivity contribution in [1.82, 2.24) is 15.0 Å². The number of aromatic nitrogens is 3. The van der Waals surface area contributed by atoms with Crippen molar-refractivity contribution in [1.29, 1.82) is 0 Å². The van der Waals surface area contributed by atoms with Crippen molar-refractivity contribution in [3.63, 3.8) is 0 Å². The van der Waals surface area contributed by atoms with Crippen LogP contribution in [-0.2, 0) is 16.2 Å². The van der Waals surface area contributed by atoms with Crippen LogP contribution in [0.3, 0.4) is 0 Å². The van der Waals surface area contributed by atoms with Crippen LogP contribution in [0.15, 0.2) is 78.3 Å². The highest BCUT2D eigenvalue weighted by atomic mass is 35.5. The van der Waals surface area contributed by atoms with Crippen molar-refractivity contribution in [3.05, 3.63) is 94.7 Å². The molecule has 0 aliphatic rings. The number of halogens is 4. The molecule has 4 aromatic rings. The normalized spacial score (nSPS) is 11.9. The lowest BCUT2D eigenvalue weighted by atomic mass is 10.2. The molecule has 0 bridgehead atoms. The maximum absolute atomic E-state index is 12.9. The molecule has 0 aliphatic carbocycles. The van der Waals surface area contributed by atoms with Gasteiger partial charge in [-0.1, -0.05) is 54.1 Å². The molecule has 13 heteroatoms. The van der Waals surface area contributed by atoms with Gasteiger partial charge >= 0.3 is 6.18 Å². The number of nitrogens with zero attached hydrogens (tertiary/aromatic N) is 3. The minimum atomic E-state index is -4.64. The summed E-state index contributed by atoms with van der Waals surface area (Å²) in [7, 11) is -2.74. The van der Waals surface area contributed by atoms with E-state index in [9.17, 15) is 21.6 Å². The van der Waals surface area contributed by atoms with Gasteiger partial charge in [0, 0.05) is 11.8 Å². The van der Waals surface area contributed by atoms with Crippen molar-refractivity contribution in [2.75, 3.05) is 11.8 Å². The van der Waals surface area contributed by atoms with Crippen LogP contribution in [0, 0.1) is 0 Å². The van der Waals surface area contributed by atoms with Gasteiger partial charge in [-0.3, -0.25) is 9.71 Å². The number of alkyl halides is 3. The zero-order valence-electron chi connectivity index (χ0n) is 19.5. The molecule has 0 atom stereocenters. The minimum Gasteiger partial charge on any atom is -0.493 e. The predicted molar refractivity (Wildman–Crippen MR) is 136 cm³/mol. The van der Waals surface area contributed by atoms with Crippen molar-refractivity contribution in [3.8, 4) is 28.6 Å². The minimum absolute atomic E-state index is 0.0593. The van der Waals surface area contributed by atoms with Crippen LogP contribution in [0.5, 0.6) is 17.2 Å². The molecular formula is C25H18ClF3N4O4S. The van der Waals surface area contributed by atoms with Crippen LogP contribution in [0.2, 0.25) is 5.15 Å². The molecule has 0 saturated carbocycles. The molecule has 0 radical (unpaired) electrons. The average molecular weight is 563 g/mol. The molecule has 2 aromatic heterocycles. The van der Waals surface area contributed by atoms with E-state index in [1.54, 1.807) is 54.6 Å². The first-order chi connectivity index (χ1) is 18.1. The summed E-state index contributed by atoms with van der Waals surface area (Å²) in [5.74, 6) is -0.296. The highest BCUT2D eigenvalue weighted by Gasteiger charge is 2.32. The van der Waals surface area contributed by atoms with Gasteiger partial charge in [0.2, 0.25) is 5.75 Å². The monoisotopic (exact) mass is 562 g/mol. The Labute approximate surface area is 220 Å². The van der Waals surface area contributed by atoms with Gasteiger partial charge in [-0.05, 0) is 35.9 Å². The van der Waals surface area contributed by atoms with Gasteiger partial charge in [-0.25, -0.2) is 18.4 Å². The predicted octanol–water partition coefficient (Wildman–Crippen LogP) is 6.42. The Bertz CT molecular complexity index is 1570. The third kappa shape index (κ3) is 6.58. The van der Waals surface area contributed by atoms with Crippen LogP contribution in [-0.4, -0.2) is 30.5 Å². The lowest BCUT2D eigenvalue weighted by Crippen LogP contribution is -2.13. The summed E-state index contributed by atoms with van der Waals surface area (Å²) in [6.07, 6.45) is -2.37. The van der Waals surface area contributed by atoms with Gasteiger partial charge in [0.25, 0.3) is 10.0 Å². The number of benzene rings is 2. The highest BCUT2D eigenvalue weighted by Crippen LogP contribution is 2.40. The topological polar surface area (TPSA) is 103 Å². The molecule has 1 N–H and O–H groups in total. The van der Waals surface area contributed by atoms with Gasteiger partial charge in [0.15, 0.2) is 28.3 Å². The first-order valence-electron chi connectivity index (χ1n) is 10.7. The molecule has 8 nitrogen and oxygen atoms in total. The molecule has 0 fully saturated rings. The zero-order chi connectivity index (χ0) is 27.3. The van der Waals surface area contributed by atoms with Crippen LogP contribution in [0.25, 0.3) is 17.5 Å². The van der Waals surface area contributed by atoms with E-state index >= 15 is 0 Å². The number of nitrogens with one attached hydrogen (secondary N) is 1. The smallest absolute Gasteiger partial charge is 0.433 e. The summed E-state index contributed by atoms with van der Waals surface area (Å²) in [5, 5.41) is 0.607. The average Bonchev–Trinajstić information content (AvgIpc) is 2.89. The lowest BCUT2D eigenvalue weighted by molar-refractivity contribution is -0.141. The Kier molecular flexibility index (Phi) is 7.83. The number of ether oxygens (including phenoxy) is 2. The van der Waals surface area contributed by atoms with E-state index in [0.717, 1.165) is 23.7 Å². The molecule has 0 spiro atoms. The van der Waals surface area contributed by atoms with Gasteiger partial charge < -0.3 is 9.47 Å². The molecule has 0 saturated heterocycles. The fraction of sp³-hybridized carbons (Fsp3) is 0.0800. The van der Waals surface area contributed by atoms with E-state index in [2.05, 4.69) is 19.7 Å². The largest absolute Gasteiger partial charge is 0.493 e. The van der Waals surface area contributed by atoms with E-state index < -0.39 is 21.9 Å². The number of rotatable bonds is 8. The number of hydrogen-bond donors (Lipinski definition) is 1. The zero-order valence-corrected chi connectivity index (χ0v) is 21.1. The third-order valence-electron chi connectivity index (χ3n) is 4.90. The summed E-state index contributed by atoms with van der Waals surface area (Å²) < 4.78 is 77.9. The number of para-hydroxylation sites is 2. The summed E-state index contributed by atoms with van der Waals surface area (Å²) in [6, 6.07) is 17.0. The molecule has 38 heavy (non-hydrogen) atoms. The van der Waals surface area contributed by atoms with Crippen molar-refractivity contribution < 1.29 is 31.1 Å². The van der Waals surface area contributed by atoms with Crippen LogP contribution in [0.4, 0.5) is 19.0 Å². The SMILES string of the molecule is COc1ccccc1Oc1c(Cl)nc(-c2ccc(C(F)(F)F)nc2)nc1NS(=O)(=O)C=Cc1ccccc1. The van der Waals surface area contributed by atoms with Crippen LogP contribution in [0.1, 0.15) is 11.3 Å². The van der Waals surface area contributed by atoms with Crippen LogP contribution >= 0.6 is 11.6 Å². The summed E-state index contributed by atoms with van der Waals surface area (Å²) in [6.45, 7) is 0. The van der Waals surface area contributed by atoms with E-state index in [0.29, 0.717) is 11.3 Å². The number of anilines is 1. The van der Waals surface area contributed by atoms with E-state index in [-0.39, 0.29) is 33.9 Å². The first-order valence-corrected chi connectivity index (χ1v) is 12.7. The van der Waals surface area contributed by atoms with Gasteiger partial charge in [0.05, 0.1) is 12.5 Å². The molecular weight excluding hydrogens is 545 g/mol. The molecule has 2 aromatic carbocycles. The van der Waals surface area contributed by atoms with Gasteiger partial charge in [-0.15, -0.1) is 0 Å². The second-order valence-electron chi connectivity index (χ2n) is 7.56. The summed E-state index contributed by atoms with van der Waals surface area (Å²) in [4.78, 5) is 11.7. The van der Waals surface area contributed by atoms with Gasteiger partial charge in [0.1, 0.15) is 5.69 Å². The fourth-order valence-corrected chi connectivity index (χ4v) is 4.14. The van der Waals surface area contributed by atoms with E-state index in [1.165, 1.54) is 13.2 Å². The molecule has 0 aliphatic heterocycles. The number of sulfonamides is 1. The Hall–Kier alpha value is -4.16. The van der Waals surface area contributed by atoms with E-state index in [4.69, 9.17) is 21.1 Å². The number of hydrogen-bond acceptors (Lipinski definition) is 7. The maximum atomic E-state index is 12.9. The Balaban J connectivity index is 1.76. The van der Waals surface area contributed by atoms with Crippen molar-refractivity contribution >= 4 is 33.5 Å². The highest BCUT2D eigenvalue weighted by molar-refractivity contribution is 7.95. The quantitative estimate of drug-likeness (QED) is 0.247. The molecule has 0 amide bonds. The number of pyridine rings is 1. The molecule has 2 heterocycles. The molecule has 196 valence electrons. The van der Waals surface area contributed by atoms with Crippen molar-refractivity contribution in [2.24, 2.45) is 0 Å². The maximum Gasteiger partial charge on any atom is 0.433 e. The summed E-state index contributed by atoms with van der Waals surface area (Å²) >= 11 is 6.37. The Morgan fingerprint density at radius 3 is 2.26 bits per heavy atom. The second kappa shape index (κ2) is 11.1. The van der Waals surface area contributed by atoms with Gasteiger partial charge in [-0.2, -0.15) is 13.2 Å². The summed E-state index contributed by atoms with van der Waals surface area (Å²) in [5.41, 5.74) is -0.430. The number of methoxy groups -OCH3 is 1. The first kappa shape index (κ1) is 26.9. The fourth-order valence-electron chi connectivity index (χ4n) is 3.12. The Morgan fingerprint density at radius 2 is 1.63 bits per heavy atom. The lowest BCUT2D eigenvalue weighted by Gasteiger charge is -2.15. The standard InChI is InChI=1S/C25H18ClF3N4O4S/c1-36-18-9-5-6-10-19(18)37-21-22(26)31-23(17-11-12-20(30-15-17)25(27,28)29)32-24(21)33-38(34,35)14-13-16-7-3-2-4-8-16/h2-15H,1H3,(H,31,32,33). The molecule has 0 unspecified atom stereocenters. The van der Waals surface area contributed by atoms with E-state index in [1.807, 2.05) is 0 Å². The van der Waals surface area contributed by atoms with Crippen molar-refractivity contribution in [2.45, 2.75) is 6.18 Å². The van der Waals surface area contributed by atoms with Crippen LogP contribution < -0.4 is 14.2 Å². The molecule has 4 rings (SSSR count). The third-order valence-corrected chi connectivity index (χ3v) is 6.12.